The highest BCUT2D eigenvalue weighted by Gasteiger charge is 2.47. The van der Waals surface area contributed by atoms with E-state index in [1.807, 2.05) is 48.5 Å². The van der Waals surface area contributed by atoms with E-state index >= 15 is 0 Å². The topological polar surface area (TPSA) is 156 Å². The Kier molecular flexibility index (Phi) is 5.69. The molecule has 4 N–H and O–H groups in total. The molecule has 1 aromatic heterocycles. The molecule has 0 spiro atoms. The maximum absolute atomic E-state index is 12.5. The summed E-state index contributed by atoms with van der Waals surface area (Å²) in [7, 11) is 0. The van der Waals surface area contributed by atoms with Crippen molar-refractivity contribution in [3.8, 4) is 11.1 Å². The van der Waals surface area contributed by atoms with Gasteiger partial charge in [0, 0.05) is 5.92 Å². The second-order valence-corrected chi connectivity index (χ2v) is 8.72. The fourth-order valence-electron chi connectivity index (χ4n) is 4.46. The lowest BCUT2D eigenvalue weighted by molar-refractivity contribution is -0.148. The molecule has 1 saturated heterocycles. The third kappa shape index (κ3) is 4.10. The molecule has 11 heteroatoms. The number of nitrogens with one attached hydrogen (secondary N) is 3. The van der Waals surface area contributed by atoms with Gasteiger partial charge in [0.25, 0.3) is 11.9 Å². The summed E-state index contributed by atoms with van der Waals surface area (Å²) >= 11 is 0. The number of benzene rings is 2. The predicted octanol–water partition coefficient (Wildman–Crippen LogP) is 2.39. The zero-order valence-corrected chi connectivity index (χ0v) is 18.8. The van der Waals surface area contributed by atoms with Gasteiger partial charge in [0.15, 0.2) is 0 Å². The molecule has 11 nitrogen and oxygen atoms in total. The standard InChI is InChI=1S/C24H23N5O6/c1-24(21(31)32)12-34-11-18(24)25-20(30)19-26-22(29-28-19)27-23(33)35-10-17-15-8-4-2-6-13(15)14-7-3-5-9-16(14)17/h2-9,17-18H,10-12H2,1H3,(H,25,30)(H,31,32)(H2,26,27,28,29,33). The summed E-state index contributed by atoms with van der Waals surface area (Å²) in [6.07, 6.45) is -0.763. The van der Waals surface area contributed by atoms with Crippen molar-refractivity contribution in [3.05, 3.63) is 65.5 Å². The average Bonchev–Trinajstić information content (AvgIpc) is 3.55. The lowest BCUT2D eigenvalue weighted by atomic mass is 9.85. The van der Waals surface area contributed by atoms with Gasteiger partial charge in [0.05, 0.1) is 19.3 Å². The maximum atomic E-state index is 12.5. The number of carboxylic acid groups (broad SMARTS) is 1. The summed E-state index contributed by atoms with van der Waals surface area (Å²) in [4.78, 5) is 40.4. The summed E-state index contributed by atoms with van der Waals surface area (Å²) < 4.78 is 10.7. The second kappa shape index (κ2) is 8.84. The number of carbonyl (C=O) groups is 3. The molecule has 2 unspecified atom stereocenters. The number of nitrogens with zero attached hydrogens (tertiary/aromatic N) is 2. The molecule has 180 valence electrons. The molecule has 0 saturated carbocycles. The molecule has 2 aliphatic rings. The zero-order valence-electron chi connectivity index (χ0n) is 18.8. The molecule has 2 atom stereocenters. The number of aromatic nitrogens is 3. The van der Waals surface area contributed by atoms with Gasteiger partial charge in [0.2, 0.25) is 5.82 Å². The highest BCUT2D eigenvalue weighted by molar-refractivity contribution is 5.92. The SMILES string of the molecule is CC1(C(=O)O)COCC1NC(=O)c1nc(NC(=O)OCC2c3ccccc3-c3ccccc32)n[nH]1. The van der Waals surface area contributed by atoms with E-state index in [2.05, 4.69) is 25.8 Å². The van der Waals surface area contributed by atoms with Gasteiger partial charge in [-0.1, -0.05) is 48.5 Å². The van der Waals surface area contributed by atoms with Gasteiger partial charge >= 0.3 is 12.1 Å². The molecule has 1 fully saturated rings. The summed E-state index contributed by atoms with van der Waals surface area (Å²) in [6.45, 7) is 1.66. The normalized spacial score (nSPS) is 20.7. The molecule has 2 amide bonds. The minimum atomic E-state index is -1.25. The van der Waals surface area contributed by atoms with Crippen molar-refractivity contribution in [1.82, 2.24) is 20.5 Å². The first-order valence-corrected chi connectivity index (χ1v) is 11.0. The monoisotopic (exact) mass is 477 g/mol. The number of anilines is 1. The fraction of sp³-hybridized carbons (Fsp3) is 0.292. The van der Waals surface area contributed by atoms with Gasteiger partial charge in [-0.15, -0.1) is 5.10 Å². The number of fused-ring (bicyclic) bond motifs is 3. The Morgan fingerprint density at radius 2 is 1.80 bits per heavy atom. The minimum absolute atomic E-state index is 0.0156. The van der Waals surface area contributed by atoms with Crippen molar-refractivity contribution in [2.45, 2.75) is 18.9 Å². The summed E-state index contributed by atoms with van der Waals surface area (Å²) in [5, 5.41) is 20.7. The van der Waals surface area contributed by atoms with E-state index in [1.54, 1.807) is 0 Å². The quantitative estimate of drug-likeness (QED) is 0.422. The molecule has 35 heavy (non-hydrogen) atoms. The van der Waals surface area contributed by atoms with Crippen LogP contribution in [0.4, 0.5) is 10.7 Å². The van der Waals surface area contributed by atoms with Crippen molar-refractivity contribution in [2.75, 3.05) is 25.1 Å². The number of amides is 2. The van der Waals surface area contributed by atoms with Crippen LogP contribution in [-0.4, -0.2) is 64.1 Å². The first kappa shape index (κ1) is 22.5. The Labute approximate surface area is 199 Å². The molecular weight excluding hydrogens is 454 g/mol. The molecule has 2 heterocycles. The Hall–Kier alpha value is -4.25. The highest BCUT2D eigenvalue weighted by atomic mass is 16.5. The van der Waals surface area contributed by atoms with Crippen LogP contribution in [0.15, 0.2) is 48.5 Å². The molecule has 1 aliphatic carbocycles. The van der Waals surface area contributed by atoms with Crippen molar-refractivity contribution in [1.29, 1.82) is 0 Å². The van der Waals surface area contributed by atoms with Crippen molar-refractivity contribution in [3.63, 3.8) is 0 Å². The molecule has 3 aromatic rings. The van der Waals surface area contributed by atoms with Crippen molar-refractivity contribution >= 4 is 23.9 Å². The summed E-state index contributed by atoms with van der Waals surface area (Å²) in [5.74, 6) is -2.16. The number of ether oxygens (including phenoxy) is 2. The van der Waals surface area contributed by atoms with E-state index in [1.165, 1.54) is 6.92 Å². The van der Waals surface area contributed by atoms with Crippen LogP contribution >= 0.6 is 0 Å². The number of carbonyl (C=O) groups excluding carboxylic acids is 2. The summed E-state index contributed by atoms with van der Waals surface area (Å²) in [5.41, 5.74) is 3.16. The molecule has 5 rings (SSSR count). The van der Waals surface area contributed by atoms with E-state index in [0.717, 1.165) is 22.3 Å². The van der Waals surface area contributed by atoms with E-state index in [9.17, 15) is 19.5 Å². The smallest absolute Gasteiger partial charge is 0.414 e. The van der Waals surface area contributed by atoms with Crippen LogP contribution in [0.3, 0.4) is 0 Å². The van der Waals surface area contributed by atoms with Gasteiger partial charge in [0.1, 0.15) is 12.0 Å². The average molecular weight is 477 g/mol. The van der Waals surface area contributed by atoms with E-state index in [4.69, 9.17) is 9.47 Å². The largest absolute Gasteiger partial charge is 0.481 e. The lowest BCUT2D eigenvalue weighted by Gasteiger charge is -2.24. The number of carboxylic acids is 1. The lowest BCUT2D eigenvalue weighted by Crippen LogP contribution is -2.49. The van der Waals surface area contributed by atoms with Crippen LogP contribution in [0.1, 0.15) is 34.6 Å². The predicted molar refractivity (Wildman–Crippen MR) is 123 cm³/mol. The van der Waals surface area contributed by atoms with E-state index in [0.29, 0.717) is 0 Å². The third-order valence-electron chi connectivity index (χ3n) is 6.51. The van der Waals surface area contributed by atoms with Gasteiger partial charge in [-0.25, -0.2) is 4.79 Å². The van der Waals surface area contributed by atoms with Crippen LogP contribution < -0.4 is 10.6 Å². The van der Waals surface area contributed by atoms with Gasteiger partial charge in [-0.3, -0.25) is 20.0 Å². The van der Waals surface area contributed by atoms with E-state index in [-0.39, 0.29) is 37.5 Å². The first-order valence-electron chi connectivity index (χ1n) is 11.0. The van der Waals surface area contributed by atoms with Crippen LogP contribution in [0, 0.1) is 5.41 Å². The van der Waals surface area contributed by atoms with Crippen LogP contribution in [-0.2, 0) is 14.3 Å². The van der Waals surface area contributed by atoms with Gasteiger partial charge in [-0.05, 0) is 29.2 Å². The van der Waals surface area contributed by atoms with Crippen LogP contribution in [0.25, 0.3) is 11.1 Å². The van der Waals surface area contributed by atoms with Gasteiger partial charge in [-0.2, -0.15) is 4.98 Å². The fourth-order valence-corrected chi connectivity index (χ4v) is 4.46. The Bertz CT molecular complexity index is 1260. The molecule has 0 radical (unpaired) electrons. The number of rotatable bonds is 6. The van der Waals surface area contributed by atoms with Crippen LogP contribution in [0.5, 0.6) is 0 Å². The Morgan fingerprint density at radius 3 is 2.46 bits per heavy atom. The number of hydrogen-bond donors (Lipinski definition) is 4. The third-order valence-corrected chi connectivity index (χ3v) is 6.51. The number of hydrogen-bond acceptors (Lipinski definition) is 7. The second-order valence-electron chi connectivity index (χ2n) is 8.72. The summed E-state index contributed by atoms with van der Waals surface area (Å²) in [6, 6.07) is 15.3. The molecule has 2 aromatic carbocycles. The molecule has 1 aliphatic heterocycles. The molecule has 0 bridgehead atoms. The van der Waals surface area contributed by atoms with E-state index < -0.39 is 29.4 Å². The number of aliphatic carboxylic acids is 1. The Balaban J connectivity index is 1.20. The van der Waals surface area contributed by atoms with Crippen molar-refractivity contribution < 1.29 is 29.0 Å². The van der Waals surface area contributed by atoms with Crippen LogP contribution in [0.2, 0.25) is 0 Å². The first-order chi connectivity index (χ1) is 16.9. The molecular formula is C24H23N5O6. The minimum Gasteiger partial charge on any atom is -0.481 e. The maximum Gasteiger partial charge on any atom is 0.414 e. The highest BCUT2D eigenvalue weighted by Crippen LogP contribution is 2.44. The number of H-pyrrole nitrogens is 1. The Morgan fingerprint density at radius 1 is 1.14 bits per heavy atom. The number of aromatic amines is 1. The van der Waals surface area contributed by atoms with Crippen molar-refractivity contribution in [2.24, 2.45) is 5.41 Å². The zero-order chi connectivity index (χ0) is 24.6. The van der Waals surface area contributed by atoms with Gasteiger partial charge < -0.3 is 19.9 Å².